The maximum atomic E-state index is 12.1. The van der Waals surface area contributed by atoms with Gasteiger partial charge in [-0.2, -0.15) is 8.78 Å². The van der Waals surface area contributed by atoms with Gasteiger partial charge in [0.2, 0.25) is 0 Å². The summed E-state index contributed by atoms with van der Waals surface area (Å²) in [4.78, 5) is 13.3. The number of hydrogen-bond donors (Lipinski definition) is 1. The number of rotatable bonds is 3. The molecule has 3 nitrogen and oxygen atoms in total. The number of para-hydroxylation sites is 1. The van der Waals surface area contributed by atoms with E-state index in [1.807, 2.05) is 0 Å². The Morgan fingerprint density at radius 3 is 2.69 bits per heavy atom. The fourth-order valence-electron chi connectivity index (χ4n) is 1.30. The van der Waals surface area contributed by atoms with Crippen molar-refractivity contribution in [3.8, 4) is 17.0 Å². The van der Waals surface area contributed by atoms with Crippen LogP contribution in [0.3, 0.4) is 0 Å². The summed E-state index contributed by atoms with van der Waals surface area (Å²) in [6, 6.07) is 6.31. The predicted octanol–water partition coefficient (Wildman–Crippen LogP) is 2.70. The highest BCUT2D eigenvalue weighted by Gasteiger charge is 2.11. The lowest BCUT2D eigenvalue weighted by atomic mass is 10.1. The summed E-state index contributed by atoms with van der Waals surface area (Å²) in [5.41, 5.74) is 0.924. The van der Waals surface area contributed by atoms with E-state index in [0.717, 1.165) is 11.3 Å². The molecule has 16 heavy (non-hydrogen) atoms. The third kappa shape index (κ3) is 2.27. The first-order valence-corrected chi connectivity index (χ1v) is 5.27. The van der Waals surface area contributed by atoms with Gasteiger partial charge < -0.3 is 9.72 Å². The number of aromatic nitrogens is 1. The van der Waals surface area contributed by atoms with Crippen LogP contribution in [0.1, 0.15) is 0 Å². The number of thiazole rings is 1. The molecular formula is C10H7F2NO2S. The van der Waals surface area contributed by atoms with E-state index in [1.54, 1.807) is 23.6 Å². The van der Waals surface area contributed by atoms with Gasteiger partial charge in [0.05, 0.1) is 5.69 Å². The van der Waals surface area contributed by atoms with Gasteiger partial charge in [0, 0.05) is 10.9 Å². The molecule has 6 heteroatoms. The van der Waals surface area contributed by atoms with E-state index in [4.69, 9.17) is 0 Å². The fourth-order valence-corrected chi connectivity index (χ4v) is 1.88. The molecule has 0 aliphatic rings. The minimum absolute atomic E-state index is 0.0477. The van der Waals surface area contributed by atoms with E-state index >= 15 is 0 Å². The second-order valence-corrected chi connectivity index (χ2v) is 3.78. The molecule has 2 rings (SSSR count). The molecule has 84 valence electrons. The molecule has 0 spiro atoms. The molecule has 0 amide bonds. The number of nitrogens with one attached hydrogen (secondary N) is 1. The average Bonchev–Trinajstić information content (AvgIpc) is 2.65. The van der Waals surface area contributed by atoms with Crippen LogP contribution in [-0.4, -0.2) is 11.6 Å². The Hall–Kier alpha value is -1.69. The van der Waals surface area contributed by atoms with Crippen LogP contribution in [0.4, 0.5) is 8.78 Å². The molecule has 0 saturated heterocycles. The van der Waals surface area contributed by atoms with Crippen molar-refractivity contribution in [1.82, 2.24) is 4.98 Å². The van der Waals surface area contributed by atoms with Crippen LogP contribution >= 0.6 is 11.3 Å². The number of aromatic amines is 1. The quantitative estimate of drug-likeness (QED) is 0.900. The highest BCUT2D eigenvalue weighted by molar-refractivity contribution is 7.07. The largest absolute Gasteiger partial charge is 0.434 e. The van der Waals surface area contributed by atoms with Gasteiger partial charge in [-0.1, -0.05) is 23.5 Å². The first-order valence-electron chi connectivity index (χ1n) is 4.39. The molecular weight excluding hydrogens is 236 g/mol. The Morgan fingerprint density at radius 1 is 1.31 bits per heavy atom. The molecule has 0 bridgehead atoms. The maximum absolute atomic E-state index is 12.1. The van der Waals surface area contributed by atoms with Gasteiger partial charge in [0.25, 0.3) is 0 Å². The molecule has 1 aromatic heterocycles. The molecule has 2 aromatic rings. The van der Waals surface area contributed by atoms with Crippen LogP contribution in [0, 0.1) is 0 Å². The highest BCUT2D eigenvalue weighted by atomic mass is 32.1. The number of halogens is 2. The van der Waals surface area contributed by atoms with E-state index < -0.39 is 6.61 Å². The number of H-pyrrole nitrogens is 1. The van der Waals surface area contributed by atoms with Gasteiger partial charge in [-0.3, -0.25) is 4.79 Å². The summed E-state index contributed by atoms with van der Waals surface area (Å²) < 4.78 is 28.6. The monoisotopic (exact) mass is 243 g/mol. The van der Waals surface area contributed by atoms with Crippen LogP contribution in [0.25, 0.3) is 11.3 Å². The Balaban J connectivity index is 2.44. The predicted molar refractivity (Wildman–Crippen MR) is 57.0 cm³/mol. The summed E-state index contributed by atoms with van der Waals surface area (Å²) in [6.45, 7) is -2.88. The SMILES string of the molecule is O=c1[nH]c(-c2ccccc2OC(F)F)cs1. The first-order chi connectivity index (χ1) is 7.66. The topological polar surface area (TPSA) is 42.1 Å². The zero-order valence-corrected chi connectivity index (χ0v) is 8.76. The third-order valence-electron chi connectivity index (χ3n) is 1.91. The second-order valence-electron chi connectivity index (χ2n) is 2.94. The van der Waals surface area contributed by atoms with E-state index in [2.05, 4.69) is 9.72 Å². The first kappa shape index (κ1) is 10.8. The van der Waals surface area contributed by atoms with E-state index in [-0.39, 0.29) is 10.6 Å². The minimum Gasteiger partial charge on any atom is -0.434 e. The van der Waals surface area contributed by atoms with Crippen LogP contribution < -0.4 is 9.61 Å². The molecule has 0 fully saturated rings. The molecule has 0 unspecified atom stereocenters. The van der Waals surface area contributed by atoms with Gasteiger partial charge in [-0.05, 0) is 12.1 Å². The van der Waals surface area contributed by atoms with Gasteiger partial charge in [-0.25, -0.2) is 0 Å². The van der Waals surface area contributed by atoms with E-state index in [0.29, 0.717) is 11.3 Å². The molecule has 0 aliphatic heterocycles. The second kappa shape index (κ2) is 4.44. The van der Waals surface area contributed by atoms with Crippen molar-refractivity contribution in [2.24, 2.45) is 0 Å². The maximum Gasteiger partial charge on any atom is 0.387 e. The van der Waals surface area contributed by atoms with Crippen molar-refractivity contribution < 1.29 is 13.5 Å². The zero-order chi connectivity index (χ0) is 11.5. The van der Waals surface area contributed by atoms with Gasteiger partial charge in [0.1, 0.15) is 5.75 Å². The summed E-state index contributed by atoms with van der Waals surface area (Å²) in [6.07, 6.45) is 0. The average molecular weight is 243 g/mol. The Bertz CT molecular complexity index is 535. The number of ether oxygens (including phenoxy) is 1. The van der Waals surface area contributed by atoms with Crippen LogP contribution in [0.2, 0.25) is 0 Å². The lowest BCUT2D eigenvalue weighted by molar-refractivity contribution is -0.0494. The number of benzene rings is 1. The smallest absolute Gasteiger partial charge is 0.387 e. The Morgan fingerprint density at radius 2 is 2.06 bits per heavy atom. The molecule has 0 aliphatic carbocycles. The molecule has 1 heterocycles. The van der Waals surface area contributed by atoms with Crippen molar-refractivity contribution in [1.29, 1.82) is 0 Å². The highest BCUT2D eigenvalue weighted by Crippen LogP contribution is 2.29. The van der Waals surface area contributed by atoms with Crippen molar-refractivity contribution in [3.63, 3.8) is 0 Å². The zero-order valence-electron chi connectivity index (χ0n) is 7.94. The number of alkyl halides is 2. The van der Waals surface area contributed by atoms with Crippen LogP contribution in [0.15, 0.2) is 34.4 Å². The summed E-state index contributed by atoms with van der Waals surface area (Å²) in [7, 11) is 0. The van der Waals surface area contributed by atoms with Crippen LogP contribution in [-0.2, 0) is 0 Å². The minimum atomic E-state index is -2.88. The van der Waals surface area contributed by atoms with Gasteiger partial charge >= 0.3 is 11.5 Å². The summed E-state index contributed by atoms with van der Waals surface area (Å²) in [5.74, 6) is 0.0477. The standard InChI is InChI=1S/C10H7F2NO2S/c11-9(12)15-8-4-2-1-3-6(8)7-5-16-10(14)13-7/h1-5,9H,(H,13,14). The lowest BCUT2D eigenvalue weighted by Crippen LogP contribution is -2.03. The molecule has 0 radical (unpaired) electrons. The van der Waals surface area contributed by atoms with Gasteiger partial charge in [-0.15, -0.1) is 0 Å². The molecule has 1 N–H and O–H groups in total. The number of hydrogen-bond acceptors (Lipinski definition) is 3. The van der Waals surface area contributed by atoms with E-state index in [9.17, 15) is 13.6 Å². The molecule has 1 aromatic carbocycles. The molecule has 0 atom stereocenters. The molecule has 0 saturated carbocycles. The van der Waals surface area contributed by atoms with Crippen molar-refractivity contribution in [2.75, 3.05) is 0 Å². The summed E-state index contributed by atoms with van der Waals surface area (Å²) >= 11 is 0.973. The normalized spacial score (nSPS) is 10.7. The Labute approximate surface area is 93.3 Å². The summed E-state index contributed by atoms with van der Waals surface area (Å²) in [5, 5.41) is 1.57. The Kier molecular flexibility index (Phi) is 3.00. The third-order valence-corrected chi connectivity index (χ3v) is 2.58. The van der Waals surface area contributed by atoms with Crippen LogP contribution in [0.5, 0.6) is 5.75 Å². The van der Waals surface area contributed by atoms with Gasteiger partial charge in [0.15, 0.2) is 0 Å². The van der Waals surface area contributed by atoms with Crippen molar-refractivity contribution >= 4 is 11.3 Å². The lowest BCUT2D eigenvalue weighted by Gasteiger charge is -2.08. The van der Waals surface area contributed by atoms with Crippen molar-refractivity contribution in [3.05, 3.63) is 39.3 Å². The fraction of sp³-hybridized carbons (Fsp3) is 0.100. The van der Waals surface area contributed by atoms with E-state index in [1.165, 1.54) is 6.07 Å². The van der Waals surface area contributed by atoms with Crippen molar-refractivity contribution in [2.45, 2.75) is 6.61 Å².